The van der Waals surface area contributed by atoms with E-state index in [9.17, 15) is 14.7 Å². The van der Waals surface area contributed by atoms with Gasteiger partial charge in [-0.25, -0.2) is 0 Å². The predicted molar refractivity (Wildman–Crippen MR) is 109 cm³/mol. The summed E-state index contributed by atoms with van der Waals surface area (Å²) in [6, 6.07) is 14.3. The lowest BCUT2D eigenvalue weighted by atomic mass is 9.96. The van der Waals surface area contributed by atoms with Crippen LogP contribution in [0.25, 0.3) is 0 Å². The molecule has 1 N–H and O–H groups in total. The van der Waals surface area contributed by atoms with Gasteiger partial charge in [-0.3, -0.25) is 14.6 Å². The summed E-state index contributed by atoms with van der Waals surface area (Å²) in [5.74, 6) is -1.29. The third-order valence-corrected chi connectivity index (χ3v) is 4.84. The molecular weight excluding hydrogens is 368 g/mol. The van der Waals surface area contributed by atoms with Crippen LogP contribution in [0.4, 0.5) is 0 Å². The van der Waals surface area contributed by atoms with E-state index in [0.717, 1.165) is 5.56 Å². The first-order chi connectivity index (χ1) is 14.0. The van der Waals surface area contributed by atoms with Crippen molar-refractivity contribution in [3.05, 3.63) is 77.3 Å². The van der Waals surface area contributed by atoms with Gasteiger partial charge < -0.3 is 14.7 Å². The molecule has 0 radical (unpaired) electrons. The standard InChI is InChI=1S/C23H26N2O4/c1-16(2)29-15-14-25-21(18-10-6-7-13-24-18)20(22(27)23(25)28)19(26)12-11-17-8-4-3-5-9-17/h3-10,13,16,21,27H,11-12,14-15H2,1-2H3. The third kappa shape index (κ3) is 4.90. The Bertz CT molecular complexity index is 878. The van der Waals surface area contributed by atoms with Crippen LogP contribution < -0.4 is 0 Å². The maximum atomic E-state index is 13.0. The highest BCUT2D eigenvalue weighted by Crippen LogP contribution is 2.37. The highest BCUT2D eigenvalue weighted by atomic mass is 16.5. The van der Waals surface area contributed by atoms with E-state index in [1.807, 2.05) is 44.2 Å². The van der Waals surface area contributed by atoms with Gasteiger partial charge in [-0.1, -0.05) is 36.4 Å². The van der Waals surface area contributed by atoms with E-state index in [0.29, 0.717) is 18.7 Å². The Morgan fingerprint density at radius 2 is 1.90 bits per heavy atom. The average molecular weight is 394 g/mol. The maximum absolute atomic E-state index is 13.0. The van der Waals surface area contributed by atoms with E-state index < -0.39 is 17.7 Å². The van der Waals surface area contributed by atoms with Gasteiger partial charge >= 0.3 is 0 Å². The fourth-order valence-electron chi connectivity index (χ4n) is 3.44. The second-order valence-corrected chi connectivity index (χ2v) is 7.25. The first-order valence-corrected chi connectivity index (χ1v) is 9.82. The fourth-order valence-corrected chi connectivity index (χ4v) is 3.44. The molecule has 6 nitrogen and oxygen atoms in total. The third-order valence-electron chi connectivity index (χ3n) is 4.84. The first kappa shape index (κ1) is 20.7. The summed E-state index contributed by atoms with van der Waals surface area (Å²) in [6.45, 7) is 4.40. The van der Waals surface area contributed by atoms with E-state index in [-0.39, 0.29) is 30.4 Å². The van der Waals surface area contributed by atoms with Crippen LogP contribution in [0.5, 0.6) is 0 Å². The van der Waals surface area contributed by atoms with E-state index in [1.165, 1.54) is 4.90 Å². The zero-order chi connectivity index (χ0) is 20.8. The van der Waals surface area contributed by atoms with Crippen molar-refractivity contribution in [1.82, 2.24) is 9.88 Å². The van der Waals surface area contributed by atoms with Crippen LogP contribution in [0, 0.1) is 0 Å². The molecule has 1 atom stereocenters. The van der Waals surface area contributed by atoms with Gasteiger partial charge in [0.25, 0.3) is 5.91 Å². The average Bonchev–Trinajstić information content (AvgIpc) is 2.98. The van der Waals surface area contributed by atoms with Crippen molar-refractivity contribution in [2.24, 2.45) is 0 Å². The van der Waals surface area contributed by atoms with Gasteiger partial charge in [0.05, 0.1) is 24.0 Å². The number of aliphatic hydroxyl groups excluding tert-OH is 1. The number of aryl methyl sites for hydroxylation is 1. The minimum atomic E-state index is -0.706. The molecule has 0 spiro atoms. The van der Waals surface area contributed by atoms with Gasteiger partial charge in [0.15, 0.2) is 11.5 Å². The number of carbonyl (C=O) groups excluding carboxylic acids is 2. The summed E-state index contributed by atoms with van der Waals surface area (Å²) in [6.07, 6.45) is 2.38. The first-order valence-electron chi connectivity index (χ1n) is 9.82. The predicted octanol–water partition coefficient (Wildman–Crippen LogP) is 3.40. The molecule has 1 unspecified atom stereocenters. The van der Waals surface area contributed by atoms with Crippen LogP contribution >= 0.6 is 0 Å². The second kappa shape index (κ2) is 9.47. The van der Waals surface area contributed by atoms with Gasteiger partial charge in [-0.05, 0) is 38.0 Å². The lowest BCUT2D eigenvalue weighted by molar-refractivity contribution is -0.130. The minimum Gasteiger partial charge on any atom is -0.503 e. The number of pyridine rings is 1. The number of ether oxygens (including phenoxy) is 1. The van der Waals surface area contributed by atoms with Gasteiger partial charge in [-0.15, -0.1) is 0 Å². The summed E-state index contributed by atoms with van der Waals surface area (Å²) in [5.41, 5.74) is 1.70. The number of hydrogen-bond donors (Lipinski definition) is 1. The van der Waals surface area contributed by atoms with Crippen LogP contribution in [-0.4, -0.2) is 45.9 Å². The zero-order valence-electron chi connectivity index (χ0n) is 16.7. The number of benzene rings is 1. The number of ketones is 1. The fraction of sp³-hybridized carbons (Fsp3) is 0.348. The van der Waals surface area contributed by atoms with Crippen LogP contribution in [0.3, 0.4) is 0 Å². The van der Waals surface area contributed by atoms with Crippen LogP contribution in [-0.2, 0) is 20.7 Å². The Morgan fingerprint density at radius 1 is 1.17 bits per heavy atom. The van der Waals surface area contributed by atoms with Crippen LogP contribution in [0.2, 0.25) is 0 Å². The molecule has 3 rings (SSSR count). The number of amides is 1. The van der Waals surface area contributed by atoms with Crippen molar-refractivity contribution in [3.8, 4) is 0 Å². The Kier molecular flexibility index (Phi) is 6.77. The van der Waals surface area contributed by atoms with Crippen molar-refractivity contribution in [2.75, 3.05) is 13.2 Å². The number of rotatable bonds is 9. The van der Waals surface area contributed by atoms with E-state index in [2.05, 4.69) is 4.98 Å². The molecule has 29 heavy (non-hydrogen) atoms. The Morgan fingerprint density at radius 3 is 2.55 bits per heavy atom. The Labute approximate surface area is 170 Å². The highest BCUT2D eigenvalue weighted by Gasteiger charge is 2.43. The van der Waals surface area contributed by atoms with Crippen molar-refractivity contribution < 1.29 is 19.4 Å². The molecule has 1 aromatic heterocycles. The Hall–Kier alpha value is -2.99. The second-order valence-electron chi connectivity index (χ2n) is 7.25. The summed E-state index contributed by atoms with van der Waals surface area (Å²) in [7, 11) is 0. The number of aromatic nitrogens is 1. The Balaban J connectivity index is 1.84. The molecule has 1 amide bonds. The lowest BCUT2D eigenvalue weighted by Crippen LogP contribution is -2.35. The molecule has 2 aromatic rings. The SMILES string of the molecule is CC(C)OCCN1C(=O)C(O)=C(C(=O)CCc2ccccc2)C1c1ccccn1. The molecule has 0 fully saturated rings. The molecule has 1 aliphatic rings. The van der Waals surface area contributed by atoms with E-state index in [4.69, 9.17) is 4.74 Å². The zero-order valence-corrected chi connectivity index (χ0v) is 16.7. The van der Waals surface area contributed by atoms with E-state index >= 15 is 0 Å². The molecule has 2 heterocycles. The largest absolute Gasteiger partial charge is 0.503 e. The number of hydrogen-bond acceptors (Lipinski definition) is 5. The number of Topliss-reactive ketones (excluding diaryl/α,β-unsaturated/α-hetero) is 1. The normalized spacial score (nSPS) is 16.7. The van der Waals surface area contributed by atoms with Crippen molar-refractivity contribution >= 4 is 11.7 Å². The van der Waals surface area contributed by atoms with Crippen molar-refractivity contribution in [1.29, 1.82) is 0 Å². The molecule has 0 saturated carbocycles. The van der Waals surface area contributed by atoms with Crippen LogP contribution in [0.15, 0.2) is 66.1 Å². The summed E-state index contributed by atoms with van der Waals surface area (Å²) in [4.78, 5) is 31.6. The smallest absolute Gasteiger partial charge is 0.290 e. The number of carbonyl (C=O) groups is 2. The van der Waals surface area contributed by atoms with Gasteiger partial charge in [0.2, 0.25) is 0 Å². The molecule has 0 saturated heterocycles. The van der Waals surface area contributed by atoms with E-state index in [1.54, 1.807) is 24.4 Å². The molecule has 1 aromatic carbocycles. The molecule has 0 bridgehead atoms. The molecule has 0 aliphatic carbocycles. The minimum absolute atomic E-state index is 0.0227. The van der Waals surface area contributed by atoms with Gasteiger partial charge in [-0.2, -0.15) is 0 Å². The molecule has 6 heteroatoms. The summed E-state index contributed by atoms with van der Waals surface area (Å²) >= 11 is 0. The molecule has 1 aliphatic heterocycles. The maximum Gasteiger partial charge on any atom is 0.290 e. The van der Waals surface area contributed by atoms with Gasteiger partial charge in [0, 0.05) is 19.2 Å². The van der Waals surface area contributed by atoms with Crippen molar-refractivity contribution in [3.63, 3.8) is 0 Å². The molecule has 152 valence electrons. The highest BCUT2D eigenvalue weighted by molar-refractivity contribution is 6.08. The topological polar surface area (TPSA) is 79.7 Å². The van der Waals surface area contributed by atoms with Crippen LogP contribution in [0.1, 0.15) is 37.6 Å². The number of aliphatic hydroxyl groups is 1. The monoisotopic (exact) mass is 394 g/mol. The number of nitrogens with zero attached hydrogens (tertiary/aromatic N) is 2. The van der Waals surface area contributed by atoms with Crippen molar-refractivity contribution in [2.45, 2.75) is 38.8 Å². The molecular formula is C23H26N2O4. The quantitative estimate of drug-likeness (QED) is 0.705. The summed E-state index contributed by atoms with van der Waals surface area (Å²) < 4.78 is 5.57. The lowest BCUT2D eigenvalue weighted by Gasteiger charge is -2.26. The van der Waals surface area contributed by atoms with Gasteiger partial charge in [0.1, 0.15) is 6.04 Å². The summed E-state index contributed by atoms with van der Waals surface area (Å²) in [5, 5.41) is 10.5.